The predicted molar refractivity (Wildman–Crippen MR) is 67.1 cm³/mol. The van der Waals surface area contributed by atoms with E-state index in [-0.39, 0.29) is 8.41 Å². The summed E-state index contributed by atoms with van der Waals surface area (Å²) in [4.78, 5) is 0. The lowest BCUT2D eigenvalue weighted by atomic mass is 9.96. The van der Waals surface area contributed by atoms with Gasteiger partial charge in [-0.25, -0.2) is 0 Å². The molecule has 0 N–H and O–H groups in total. The van der Waals surface area contributed by atoms with E-state index in [9.17, 15) is 0 Å². The maximum Gasteiger partial charge on any atom is 0.197 e. The second-order valence-electron chi connectivity index (χ2n) is 3.47. The molecule has 4 heteroatoms. The van der Waals surface area contributed by atoms with Crippen molar-refractivity contribution in [1.82, 2.24) is 0 Å². The van der Waals surface area contributed by atoms with Gasteiger partial charge in [-0.2, -0.15) is 0 Å². The van der Waals surface area contributed by atoms with Gasteiger partial charge in [-0.15, -0.1) is 0 Å². The molecule has 0 heterocycles. The lowest BCUT2D eigenvalue weighted by Gasteiger charge is -2.17. The Morgan fingerprint density at radius 2 is 1.60 bits per heavy atom. The van der Waals surface area contributed by atoms with E-state index in [0.717, 1.165) is 13.2 Å². The molecule has 0 atom stereocenters. The minimum Gasteiger partial charge on any atom is -0.331 e. The molecule has 1 rings (SSSR count). The van der Waals surface area contributed by atoms with Gasteiger partial charge in [0.25, 0.3) is 0 Å². The second-order valence-corrected chi connectivity index (χ2v) is 4.81. The van der Waals surface area contributed by atoms with Crippen LogP contribution in [0.5, 0.6) is 0 Å². The molecule has 3 radical (unpaired) electrons. The van der Waals surface area contributed by atoms with E-state index >= 15 is 0 Å². The van der Waals surface area contributed by atoms with E-state index in [2.05, 4.69) is 5.82 Å². The van der Waals surface area contributed by atoms with Gasteiger partial charge < -0.3 is 9.05 Å². The first-order chi connectivity index (χ1) is 6.86. The maximum absolute atomic E-state index is 5.55. The molecule has 1 saturated carbocycles. The molecular formula is C11H21BO2P. The topological polar surface area (TPSA) is 18.5 Å². The normalized spacial score (nSPS) is 16.3. The minimum absolute atomic E-state index is 0. The molecule has 1 aliphatic rings. The second kappa shape index (κ2) is 9.39. The third-order valence-electron chi connectivity index (χ3n) is 2.30. The zero-order chi connectivity index (χ0) is 10.2. The van der Waals surface area contributed by atoms with Gasteiger partial charge in [0.2, 0.25) is 0 Å². The highest BCUT2D eigenvalue weighted by atomic mass is 31.2. The van der Waals surface area contributed by atoms with Gasteiger partial charge in [-0.3, -0.25) is 0 Å². The van der Waals surface area contributed by atoms with Crippen molar-refractivity contribution in [2.24, 2.45) is 0 Å². The Morgan fingerprint density at radius 3 is 2.07 bits per heavy atom. The Balaban J connectivity index is 0.00000196. The fraction of sp³-hybridized carbons (Fsp3) is 0.818. The first kappa shape index (κ1) is 15.2. The van der Waals surface area contributed by atoms with Crippen LogP contribution in [0.15, 0.2) is 11.4 Å². The van der Waals surface area contributed by atoms with E-state index in [1.165, 1.54) is 32.1 Å². The van der Waals surface area contributed by atoms with Crippen molar-refractivity contribution in [3.8, 4) is 0 Å². The minimum atomic E-state index is -0.746. The maximum atomic E-state index is 5.55. The van der Waals surface area contributed by atoms with Crippen LogP contribution in [-0.2, 0) is 9.05 Å². The number of hydrogen-bond donors (Lipinski definition) is 0. The molecule has 0 aromatic rings. The van der Waals surface area contributed by atoms with E-state index in [4.69, 9.17) is 9.05 Å². The average Bonchev–Trinajstić information content (AvgIpc) is 2.20. The lowest BCUT2D eigenvalue weighted by molar-refractivity contribution is 0.276. The third-order valence-corrected chi connectivity index (χ3v) is 3.90. The van der Waals surface area contributed by atoms with Crippen molar-refractivity contribution in [1.29, 1.82) is 0 Å². The Hall–Kier alpha value is 0.155. The smallest absolute Gasteiger partial charge is 0.197 e. The molecule has 85 valence electrons. The van der Waals surface area contributed by atoms with Gasteiger partial charge in [-0.05, 0) is 45.3 Å². The van der Waals surface area contributed by atoms with Crippen LogP contribution < -0.4 is 0 Å². The summed E-state index contributed by atoms with van der Waals surface area (Å²) in [6, 6.07) is 0. The Kier molecular flexibility index (Phi) is 9.48. The largest absolute Gasteiger partial charge is 0.331 e. The highest BCUT2D eigenvalue weighted by molar-refractivity contribution is 7.50. The highest BCUT2D eigenvalue weighted by Gasteiger charge is 2.10. The number of rotatable bonds is 5. The molecule has 0 aromatic heterocycles. The molecule has 1 fully saturated rings. The Labute approximate surface area is 96.9 Å². The van der Waals surface area contributed by atoms with Crippen LogP contribution in [0.25, 0.3) is 0 Å². The first-order valence-corrected chi connectivity index (χ1v) is 6.86. The molecule has 0 aliphatic heterocycles. The summed E-state index contributed by atoms with van der Waals surface area (Å²) in [5.41, 5.74) is 1.55. The summed E-state index contributed by atoms with van der Waals surface area (Å²) in [6.45, 7) is 5.53. The van der Waals surface area contributed by atoms with Crippen molar-refractivity contribution in [3.63, 3.8) is 0 Å². The van der Waals surface area contributed by atoms with Gasteiger partial charge in [0.15, 0.2) is 8.38 Å². The summed E-state index contributed by atoms with van der Waals surface area (Å²) in [5.74, 6) is 2.24. The molecule has 0 spiro atoms. The van der Waals surface area contributed by atoms with Crippen LogP contribution in [-0.4, -0.2) is 21.6 Å². The summed E-state index contributed by atoms with van der Waals surface area (Å²) >= 11 is 0. The van der Waals surface area contributed by atoms with Crippen LogP contribution >= 0.6 is 8.38 Å². The molecule has 1 aliphatic carbocycles. The summed E-state index contributed by atoms with van der Waals surface area (Å²) in [5, 5.41) is 0. The molecule has 15 heavy (non-hydrogen) atoms. The van der Waals surface area contributed by atoms with Crippen molar-refractivity contribution in [3.05, 3.63) is 11.4 Å². The molecule has 0 bridgehead atoms. The predicted octanol–water partition coefficient (Wildman–Crippen LogP) is 3.84. The fourth-order valence-corrected chi connectivity index (χ4v) is 2.94. The van der Waals surface area contributed by atoms with E-state index in [1.54, 1.807) is 5.57 Å². The van der Waals surface area contributed by atoms with Crippen LogP contribution in [0.2, 0.25) is 0 Å². The molecular weight excluding hydrogens is 206 g/mol. The molecule has 0 saturated heterocycles. The number of hydrogen-bond acceptors (Lipinski definition) is 2. The van der Waals surface area contributed by atoms with Crippen molar-refractivity contribution in [2.45, 2.75) is 46.0 Å². The molecule has 0 unspecified atom stereocenters. The van der Waals surface area contributed by atoms with E-state index in [1.807, 2.05) is 13.8 Å². The van der Waals surface area contributed by atoms with Crippen LogP contribution in [0, 0.1) is 0 Å². The van der Waals surface area contributed by atoms with Crippen molar-refractivity contribution in [2.75, 3.05) is 13.2 Å². The summed E-state index contributed by atoms with van der Waals surface area (Å²) < 4.78 is 11.1. The van der Waals surface area contributed by atoms with Gasteiger partial charge in [0.1, 0.15) is 0 Å². The standard InChI is InChI=1S/C11H21O2P.B/c1-3-12-14(13-4-2)10-11-8-6-5-7-9-11;/h10H,3-9H2,1-2H3;. The first-order valence-electron chi connectivity index (χ1n) is 5.61. The molecule has 0 amide bonds. The Morgan fingerprint density at radius 1 is 1.07 bits per heavy atom. The van der Waals surface area contributed by atoms with Crippen molar-refractivity contribution >= 4 is 16.8 Å². The zero-order valence-corrected chi connectivity index (χ0v) is 10.8. The summed E-state index contributed by atoms with van der Waals surface area (Å²) in [6.07, 6.45) is 6.57. The van der Waals surface area contributed by atoms with Crippen LogP contribution in [0.1, 0.15) is 46.0 Å². The van der Waals surface area contributed by atoms with Gasteiger partial charge >= 0.3 is 0 Å². The lowest BCUT2D eigenvalue weighted by Crippen LogP contribution is -1.95. The fourth-order valence-electron chi connectivity index (χ4n) is 1.65. The van der Waals surface area contributed by atoms with Gasteiger partial charge in [-0.1, -0.05) is 12.0 Å². The zero-order valence-electron chi connectivity index (χ0n) is 9.87. The Bertz CT molecular complexity index is 171. The van der Waals surface area contributed by atoms with E-state index < -0.39 is 8.38 Å². The SMILES string of the molecule is CCOP(C=C1CCCCC1)OCC.[B]. The van der Waals surface area contributed by atoms with Crippen LogP contribution in [0.3, 0.4) is 0 Å². The monoisotopic (exact) mass is 227 g/mol. The van der Waals surface area contributed by atoms with Crippen LogP contribution in [0.4, 0.5) is 0 Å². The quantitative estimate of drug-likeness (QED) is 0.524. The van der Waals surface area contributed by atoms with Crippen molar-refractivity contribution < 1.29 is 9.05 Å². The summed E-state index contributed by atoms with van der Waals surface area (Å²) in [7, 11) is -0.746. The number of allylic oxidation sites excluding steroid dienone is 1. The highest BCUT2D eigenvalue weighted by Crippen LogP contribution is 2.42. The van der Waals surface area contributed by atoms with Gasteiger partial charge in [0.05, 0.1) is 13.2 Å². The van der Waals surface area contributed by atoms with E-state index in [0.29, 0.717) is 0 Å². The van der Waals surface area contributed by atoms with Gasteiger partial charge in [0, 0.05) is 8.41 Å². The molecule has 0 aromatic carbocycles. The molecule has 2 nitrogen and oxygen atoms in total. The average molecular weight is 227 g/mol. The third kappa shape index (κ3) is 6.34.